The summed E-state index contributed by atoms with van der Waals surface area (Å²) in [4.78, 5) is 3.27. The molecule has 9 heteroatoms. The van der Waals surface area contributed by atoms with Crippen LogP contribution in [0.15, 0.2) is 36.4 Å². The van der Waals surface area contributed by atoms with E-state index in [9.17, 15) is 23.4 Å². The van der Waals surface area contributed by atoms with Crippen LogP contribution in [-0.2, 0) is 0 Å². The molecular formula is C24H30F3N3O3. The van der Waals surface area contributed by atoms with Crippen molar-refractivity contribution in [3.63, 3.8) is 0 Å². The summed E-state index contributed by atoms with van der Waals surface area (Å²) in [6.07, 6.45) is -4.41. The van der Waals surface area contributed by atoms with E-state index in [1.807, 2.05) is 24.3 Å². The van der Waals surface area contributed by atoms with Crippen molar-refractivity contribution in [3.05, 3.63) is 36.4 Å². The molecule has 0 radical (unpaired) electrons. The van der Waals surface area contributed by atoms with Crippen molar-refractivity contribution in [1.82, 2.24) is 15.6 Å². The van der Waals surface area contributed by atoms with Gasteiger partial charge >= 0.3 is 6.18 Å². The van der Waals surface area contributed by atoms with Crippen molar-refractivity contribution >= 4 is 21.8 Å². The Labute approximate surface area is 190 Å². The van der Waals surface area contributed by atoms with Crippen molar-refractivity contribution in [3.8, 4) is 11.5 Å². The summed E-state index contributed by atoms with van der Waals surface area (Å²) in [5, 5.41) is 28.9. The average Bonchev–Trinajstić information content (AvgIpc) is 3.17. The molecule has 0 saturated carbocycles. The Morgan fingerprint density at radius 1 is 1.09 bits per heavy atom. The maximum absolute atomic E-state index is 12.8. The monoisotopic (exact) mass is 465 g/mol. The number of para-hydroxylation sites is 1. The first kappa shape index (κ1) is 23.7. The van der Waals surface area contributed by atoms with Gasteiger partial charge in [0.1, 0.15) is 12.7 Å². The van der Waals surface area contributed by atoms with Gasteiger partial charge in [-0.3, -0.25) is 0 Å². The summed E-state index contributed by atoms with van der Waals surface area (Å²) in [6.45, 7) is 1.58. The summed E-state index contributed by atoms with van der Waals surface area (Å²) in [5.41, 5.74) is 1.70. The number of ether oxygens (including phenoxy) is 1. The van der Waals surface area contributed by atoms with Crippen molar-refractivity contribution in [2.75, 3.05) is 26.2 Å². The number of hydrogen-bond donors (Lipinski definition) is 5. The van der Waals surface area contributed by atoms with Gasteiger partial charge in [-0.15, -0.1) is 0 Å². The molecule has 180 valence electrons. The Kier molecular flexibility index (Phi) is 7.31. The second kappa shape index (κ2) is 10.2. The first-order chi connectivity index (χ1) is 15.8. The zero-order valence-electron chi connectivity index (χ0n) is 18.3. The van der Waals surface area contributed by atoms with Gasteiger partial charge in [-0.2, -0.15) is 13.2 Å². The van der Waals surface area contributed by atoms with Crippen LogP contribution in [0.2, 0.25) is 0 Å². The van der Waals surface area contributed by atoms with Crippen molar-refractivity contribution in [2.24, 2.45) is 5.92 Å². The molecule has 0 spiro atoms. The van der Waals surface area contributed by atoms with Crippen LogP contribution >= 0.6 is 0 Å². The molecule has 1 fully saturated rings. The molecule has 33 heavy (non-hydrogen) atoms. The Bertz CT molecular complexity index is 1060. The number of halogens is 3. The van der Waals surface area contributed by atoms with Crippen molar-refractivity contribution in [1.29, 1.82) is 0 Å². The molecule has 2 aromatic carbocycles. The van der Waals surface area contributed by atoms with Gasteiger partial charge in [-0.1, -0.05) is 18.2 Å². The number of alkyl halides is 3. The molecule has 0 amide bonds. The molecule has 5 N–H and O–H groups in total. The van der Waals surface area contributed by atoms with Crippen LogP contribution in [0.25, 0.3) is 21.8 Å². The molecule has 2 heterocycles. The van der Waals surface area contributed by atoms with E-state index in [0.29, 0.717) is 0 Å². The summed E-state index contributed by atoms with van der Waals surface area (Å²) >= 11 is 0. The molecule has 0 aliphatic carbocycles. The first-order valence-electron chi connectivity index (χ1n) is 11.4. The molecule has 4 rings (SSSR count). The zero-order chi connectivity index (χ0) is 23.4. The van der Waals surface area contributed by atoms with E-state index in [-0.39, 0.29) is 43.0 Å². The number of aromatic nitrogens is 1. The fraction of sp³-hybridized carbons (Fsp3) is 0.500. The first-order valence-corrected chi connectivity index (χ1v) is 11.4. The number of fused-ring (bicyclic) bond motifs is 3. The number of phenolic OH excluding ortho intramolecular Hbond substituents is 1. The lowest BCUT2D eigenvalue weighted by atomic mass is 9.87. The van der Waals surface area contributed by atoms with Gasteiger partial charge in [-0.25, -0.2) is 0 Å². The van der Waals surface area contributed by atoms with Gasteiger partial charge < -0.3 is 30.6 Å². The fourth-order valence-corrected chi connectivity index (χ4v) is 4.64. The smallest absolute Gasteiger partial charge is 0.389 e. The molecule has 6 nitrogen and oxygen atoms in total. The second-order valence-electron chi connectivity index (χ2n) is 8.73. The highest BCUT2D eigenvalue weighted by Crippen LogP contribution is 2.39. The standard InChI is InChI=1S/C24H30F3N3O3/c25-24(26,27)10-7-18(15-8-11-28-12-9-15)29-13-16(31)14-33-23-21(32)6-5-20-22(23)17-3-1-2-4-19(17)30-20/h1-6,15-16,18,28-32H,7-14H2/t16-,18?/m0/s1. The topological polar surface area (TPSA) is 89.5 Å². The van der Waals surface area contributed by atoms with Gasteiger partial charge in [0.25, 0.3) is 0 Å². The normalized spacial score (nSPS) is 17.5. The number of H-pyrrole nitrogens is 1. The summed E-state index contributed by atoms with van der Waals surface area (Å²) in [5.74, 6) is 0.367. The minimum absolute atomic E-state index is 0.0167. The van der Waals surface area contributed by atoms with Crippen LogP contribution in [0.5, 0.6) is 11.5 Å². The number of aliphatic hydroxyl groups excluding tert-OH is 1. The quantitative estimate of drug-likeness (QED) is 0.329. The molecule has 1 aromatic heterocycles. The number of benzene rings is 2. The third-order valence-electron chi connectivity index (χ3n) is 6.33. The average molecular weight is 466 g/mol. The lowest BCUT2D eigenvalue weighted by Crippen LogP contribution is -2.45. The molecule has 1 unspecified atom stereocenters. The summed E-state index contributed by atoms with van der Waals surface area (Å²) in [7, 11) is 0. The molecule has 1 aliphatic rings. The number of aliphatic hydroxyl groups is 1. The Morgan fingerprint density at radius 2 is 1.85 bits per heavy atom. The van der Waals surface area contributed by atoms with E-state index in [4.69, 9.17) is 4.74 Å². The van der Waals surface area contributed by atoms with Gasteiger partial charge in [0, 0.05) is 29.9 Å². The number of piperidine rings is 1. The van der Waals surface area contributed by atoms with Crippen LogP contribution in [-0.4, -0.2) is 59.8 Å². The number of hydrogen-bond acceptors (Lipinski definition) is 5. The predicted molar refractivity (Wildman–Crippen MR) is 122 cm³/mol. The molecule has 2 atom stereocenters. The van der Waals surface area contributed by atoms with E-state index < -0.39 is 18.7 Å². The van der Waals surface area contributed by atoms with E-state index in [2.05, 4.69) is 15.6 Å². The number of nitrogens with one attached hydrogen (secondary N) is 3. The highest BCUT2D eigenvalue weighted by atomic mass is 19.4. The fourth-order valence-electron chi connectivity index (χ4n) is 4.64. The Hall–Kier alpha value is -2.49. The van der Waals surface area contributed by atoms with Gasteiger partial charge in [-0.05, 0) is 56.5 Å². The highest BCUT2D eigenvalue weighted by molar-refractivity contribution is 6.11. The molecular weight excluding hydrogens is 435 g/mol. The Morgan fingerprint density at radius 3 is 2.61 bits per heavy atom. The lowest BCUT2D eigenvalue weighted by Gasteiger charge is -2.32. The van der Waals surface area contributed by atoms with Crippen LogP contribution in [0, 0.1) is 5.92 Å². The van der Waals surface area contributed by atoms with Gasteiger partial charge in [0.2, 0.25) is 0 Å². The Balaban J connectivity index is 1.40. The number of rotatable bonds is 9. The van der Waals surface area contributed by atoms with E-state index in [1.54, 1.807) is 6.07 Å². The molecule has 0 bridgehead atoms. The molecule has 1 aliphatic heterocycles. The van der Waals surface area contributed by atoms with Gasteiger partial charge in [0.05, 0.1) is 10.9 Å². The second-order valence-corrected chi connectivity index (χ2v) is 8.73. The number of aromatic amines is 1. The third-order valence-corrected chi connectivity index (χ3v) is 6.33. The van der Waals surface area contributed by atoms with Crippen LogP contribution in [0.3, 0.4) is 0 Å². The molecule has 3 aromatic rings. The molecule has 1 saturated heterocycles. The largest absolute Gasteiger partial charge is 0.504 e. The minimum Gasteiger partial charge on any atom is -0.504 e. The van der Waals surface area contributed by atoms with E-state index in [0.717, 1.165) is 47.7 Å². The van der Waals surface area contributed by atoms with Crippen LogP contribution in [0.1, 0.15) is 25.7 Å². The zero-order valence-corrected chi connectivity index (χ0v) is 18.3. The van der Waals surface area contributed by atoms with Gasteiger partial charge in [0.15, 0.2) is 11.5 Å². The van der Waals surface area contributed by atoms with Crippen molar-refractivity contribution in [2.45, 2.75) is 44.0 Å². The van der Waals surface area contributed by atoms with E-state index in [1.165, 1.54) is 6.07 Å². The lowest BCUT2D eigenvalue weighted by molar-refractivity contribution is -0.137. The minimum atomic E-state index is -4.20. The van der Waals surface area contributed by atoms with Crippen LogP contribution < -0.4 is 15.4 Å². The van der Waals surface area contributed by atoms with Crippen LogP contribution in [0.4, 0.5) is 13.2 Å². The SMILES string of the molecule is Oc1ccc2[nH]c3ccccc3c2c1OC[C@@H](O)CNC(CCC(F)(F)F)C1CCNCC1. The summed E-state index contributed by atoms with van der Waals surface area (Å²) < 4.78 is 44.2. The third kappa shape index (κ3) is 5.90. The maximum Gasteiger partial charge on any atom is 0.389 e. The number of aromatic hydroxyl groups is 1. The summed E-state index contributed by atoms with van der Waals surface area (Å²) in [6, 6.07) is 10.6. The predicted octanol–water partition coefficient (Wildman–Crippen LogP) is 4.07. The van der Waals surface area contributed by atoms with E-state index >= 15 is 0 Å². The number of phenols is 1. The highest BCUT2D eigenvalue weighted by Gasteiger charge is 2.31. The van der Waals surface area contributed by atoms with Crippen molar-refractivity contribution < 1.29 is 28.1 Å². The maximum atomic E-state index is 12.8.